The number of esters is 1. The van der Waals surface area contributed by atoms with Gasteiger partial charge in [0.15, 0.2) is 5.60 Å². The zero-order valence-electron chi connectivity index (χ0n) is 19.1. The maximum atomic E-state index is 13.4. The molecule has 2 aliphatic rings. The molecule has 1 saturated heterocycles. The third-order valence-electron chi connectivity index (χ3n) is 7.62. The van der Waals surface area contributed by atoms with E-state index in [0.29, 0.717) is 22.3 Å². The van der Waals surface area contributed by atoms with Crippen LogP contribution in [0.25, 0.3) is 0 Å². The van der Waals surface area contributed by atoms with Gasteiger partial charge in [0.25, 0.3) is 5.91 Å². The molecular weight excluding hydrogens is 420 g/mol. The van der Waals surface area contributed by atoms with E-state index in [1.54, 1.807) is 30.5 Å². The summed E-state index contributed by atoms with van der Waals surface area (Å²) in [5, 5.41) is 19.7. The zero-order valence-corrected chi connectivity index (χ0v) is 19.1. The number of benzene rings is 1. The minimum Gasteiger partial charge on any atom is -0.457 e. The minimum absolute atomic E-state index is 0.0985. The third-order valence-corrected chi connectivity index (χ3v) is 7.62. The highest BCUT2D eigenvalue weighted by atomic mass is 16.6. The number of amides is 1. The number of primary amides is 1. The van der Waals surface area contributed by atoms with Gasteiger partial charge in [0.1, 0.15) is 18.3 Å². The van der Waals surface area contributed by atoms with Crippen LogP contribution in [0, 0.1) is 5.92 Å². The number of hydrogen-bond acceptors (Lipinski definition) is 6. The summed E-state index contributed by atoms with van der Waals surface area (Å²) in [6.07, 6.45) is 6.75. The smallest absolute Gasteiger partial charge is 0.343 e. The van der Waals surface area contributed by atoms with Crippen LogP contribution in [0.1, 0.15) is 55.8 Å². The van der Waals surface area contributed by atoms with Crippen molar-refractivity contribution in [2.45, 2.75) is 56.2 Å². The van der Waals surface area contributed by atoms with E-state index in [1.165, 1.54) is 0 Å². The molecule has 1 aromatic carbocycles. The van der Waals surface area contributed by atoms with Crippen LogP contribution in [0.3, 0.4) is 0 Å². The number of aromatic nitrogens is 2. The molecule has 3 N–H and O–H groups in total. The molecule has 3 unspecified atom stereocenters. The summed E-state index contributed by atoms with van der Waals surface area (Å²) >= 11 is 0. The van der Waals surface area contributed by atoms with Crippen molar-refractivity contribution in [1.82, 2.24) is 10.2 Å². The largest absolute Gasteiger partial charge is 0.457 e. The number of likely N-dealkylation sites (tertiary alicyclic amines) is 1. The van der Waals surface area contributed by atoms with E-state index in [4.69, 9.17) is 10.5 Å². The van der Waals surface area contributed by atoms with Gasteiger partial charge in [0.05, 0.1) is 13.6 Å². The van der Waals surface area contributed by atoms with E-state index in [9.17, 15) is 14.7 Å². The van der Waals surface area contributed by atoms with Crippen molar-refractivity contribution in [1.29, 1.82) is 0 Å². The van der Waals surface area contributed by atoms with Crippen LogP contribution >= 0.6 is 0 Å². The molecule has 2 heterocycles. The van der Waals surface area contributed by atoms with E-state index in [2.05, 4.69) is 10.2 Å². The Balaban J connectivity index is 1.55. The van der Waals surface area contributed by atoms with Gasteiger partial charge in [-0.1, -0.05) is 43.2 Å². The fourth-order valence-corrected chi connectivity index (χ4v) is 5.77. The quantitative estimate of drug-likeness (QED) is 0.468. The standard InChI is InChI=1S/C25H32N4O4/c1-29(22(23(26)30)21-14-7-15-27-28-21)16-8-13-20(29)17-33-24(31)25(32,19-11-5-6-12-19)18-9-3-2-4-10-18/h2-4,7,9-10,14-15,19-20,22,32H,5-6,8,11-13,16-17H2,1H3,(H-,26,30)/p+1/t20?,22?,25?,29-/m1/s1. The Morgan fingerprint density at radius 2 is 1.88 bits per heavy atom. The Labute approximate surface area is 194 Å². The van der Waals surface area contributed by atoms with Crippen molar-refractivity contribution in [2.75, 3.05) is 20.2 Å². The molecule has 176 valence electrons. The Bertz CT molecular complexity index is 967. The summed E-state index contributed by atoms with van der Waals surface area (Å²) in [4.78, 5) is 25.9. The molecule has 8 nitrogen and oxygen atoms in total. The number of ether oxygens (including phenoxy) is 1. The minimum atomic E-state index is -1.67. The molecular formula is C25H33N4O4+. The maximum absolute atomic E-state index is 13.4. The molecule has 1 saturated carbocycles. The molecule has 4 atom stereocenters. The molecule has 1 aliphatic heterocycles. The fraction of sp³-hybridized carbons (Fsp3) is 0.520. The lowest BCUT2D eigenvalue weighted by Gasteiger charge is -2.41. The summed E-state index contributed by atoms with van der Waals surface area (Å²) in [6.45, 7) is 0.805. The lowest BCUT2D eigenvalue weighted by Crippen LogP contribution is -2.57. The lowest BCUT2D eigenvalue weighted by molar-refractivity contribution is -0.941. The number of quaternary nitrogens is 1. The van der Waals surface area contributed by atoms with Gasteiger partial charge in [-0.25, -0.2) is 4.79 Å². The van der Waals surface area contributed by atoms with Gasteiger partial charge >= 0.3 is 5.97 Å². The van der Waals surface area contributed by atoms with Gasteiger partial charge in [-0.3, -0.25) is 4.79 Å². The Morgan fingerprint density at radius 1 is 1.15 bits per heavy atom. The third kappa shape index (κ3) is 4.37. The van der Waals surface area contributed by atoms with Crippen LogP contribution in [0.15, 0.2) is 48.7 Å². The molecule has 1 amide bonds. The average Bonchev–Trinajstić information content (AvgIpc) is 3.49. The Morgan fingerprint density at radius 3 is 2.52 bits per heavy atom. The topological polar surface area (TPSA) is 115 Å². The van der Waals surface area contributed by atoms with Crippen molar-refractivity contribution in [3.63, 3.8) is 0 Å². The van der Waals surface area contributed by atoms with Crippen molar-refractivity contribution >= 4 is 11.9 Å². The number of rotatable bonds is 8. The van der Waals surface area contributed by atoms with Crippen LogP contribution in [0.5, 0.6) is 0 Å². The number of aliphatic hydroxyl groups is 1. The summed E-state index contributed by atoms with van der Waals surface area (Å²) in [5.41, 5.74) is 5.22. The zero-order chi connectivity index (χ0) is 23.5. The number of hydrogen-bond donors (Lipinski definition) is 2. The number of nitrogens with two attached hydrogens (primary N) is 1. The molecule has 0 bridgehead atoms. The van der Waals surface area contributed by atoms with Crippen molar-refractivity contribution < 1.29 is 23.9 Å². The summed E-state index contributed by atoms with van der Waals surface area (Å²) in [6, 6.07) is 11.7. The van der Waals surface area contributed by atoms with E-state index in [0.717, 1.165) is 38.5 Å². The first-order chi connectivity index (χ1) is 15.9. The SMILES string of the molecule is C[N@@+]1(C(C(N)=O)c2cccnn2)CCCC1COC(=O)C(O)(c1ccccc1)C1CCCC1. The molecule has 2 fully saturated rings. The molecule has 4 rings (SSSR count). The first-order valence-corrected chi connectivity index (χ1v) is 11.7. The van der Waals surface area contributed by atoms with Gasteiger partial charge in [-0.15, -0.1) is 5.10 Å². The van der Waals surface area contributed by atoms with Gasteiger partial charge in [-0.05, 0) is 30.5 Å². The van der Waals surface area contributed by atoms with Crippen molar-refractivity contribution in [3.05, 3.63) is 59.9 Å². The highest BCUT2D eigenvalue weighted by Crippen LogP contribution is 2.42. The molecule has 1 aromatic heterocycles. The average molecular weight is 454 g/mol. The van der Waals surface area contributed by atoms with E-state index in [1.807, 2.05) is 25.2 Å². The highest BCUT2D eigenvalue weighted by Gasteiger charge is 2.51. The van der Waals surface area contributed by atoms with Crippen molar-refractivity contribution in [3.8, 4) is 0 Å². The van der Waals surface area contributed by atoms with E-state index >= 15 is 0 Å². The van der Waals surface area contributed by atoms with Crippen LogP contribution in [0.2, 0.25) is 0 Å². The molecule has 0 spiro atoms. The van der Waals surface area contributed by atoms with Crippen LogP contribution in [-0.4, -0.2) is 57.9 Å². The maximum Gasteiger partial charge on any atom is 0.343 e. The molecule has 1 aliphatic carbocycles. The fourth-order valence-electron chi connectivity index (χ4n) is 5.77. The first-order valence-electron chi connectivity index (χ1n) is 11.7. The van der Waals surface area contributed by atoms with E-state index < -0.39 is 23.5 Å². The van der Waals surface area contributed by atoms with Gasteiger partial charge in [0.2, 0.25) is 6.04 Å². The Kier molecular flexibility index (Phi) is 6.76. The number of carbonyl (C=O) groups excluding carboxylic acids is 2. The van der Waals surface area contributed by atoms with Gasteiger partial charge < -0.3 is 20.1 Å². The predicted octanol–water partition coefficient (Wildman–Crippen LogP) is 2.23. The predicted molar refractivity (Wildman–Crippen MR) is 121 cm³/mol. The lowest BCUT2D eigenvalue weighted by atomic mass is 9.80. The summed E-state index contributed by atoms with van der Waals surface area (Å²) < 4.78 is 6.13. The van der Waals surface area contributed by atoms with Crippen LogP contribution in [-0.2, 0) is 19.9 Å². The van der Waals surface area contributed by atoms with Crippen LogP contribution in [0.4, 0.5) is 0 Å². The van der Waals surface area contributed by atoms with Crippen molar-refractivity contribution in [2.24, 2.45) is 11.7 Å². The van der Waals surface area contributed by atoms with Crippen LogP contribution < -0.4 is 5.73 Å². The van der Waals surface area contributed by atoms with Gasteiger partial charge in [0, 0.05) is 25.0 Å². The number of nitrogens with zero attached hydrogens (tertiary/aromatic N) is 3. The number of likely N-dealkylation sites (N-methyl/N-ethyl adjacent to an activating group) is 1. The molecule has 33 heavy (non-hydrogen) atoms. The molecule has 8 heteroatoms. The Hall–Kier alpha value is -2.84. The first kappa shape index (κ1) is 23.3. The summed E-state index contributed by atoms with van der Waals surface area (Å²) in [5.74, 6) is -1.27. The normalized spacial score (nSPS) is 25.9. The molecule has 0 radical (unpaired) electrons. The highest BCUT2D eigenvalue weighted by molar-refractivity contribution is 5.82. The monoisotopic (exact) mass is 453 g/mol. The second kappa shape index (κ2) is 9.57. The molecule has 2 aromatic rings. The summed E-state index contributed by atoms with van der Waals surface area (Å²) in [7, 11) is 1.95. The second-order valence-electron chi connectivity index (χ2n) is 9.53. The van der Waals surface area contributed by atoms with Gasteiger partial charge in [-0.2, -0.15) is 5.10 Å². The number of carbonyl (C=O) groups is 2. The second-order valence-corrected chi connectivity index (χ2v) is 9.53. The van der Waals surface area contributed by atoms with E-state index in [-0.39, 0.29) is 18.6 Å².